The van der Waals surface area contributed by atoms with Crippen LogP contribution in [0.4, 0.5) is 11.5 Å². The summed E-state index contributed by atoms with van der Waals surface area (Å²) in [6, 6.07) is 10.6. The van der Waals surface area contributed by atoms with Crippen LogP contribution in [0.25, 0.3) is 0 Å². The van der Waals surface area contributed by atoms with Gasteiger partial charge in [-0.1, -0.05) is 17.7 Å². The van der Waals surface area contributed by atoms with E-state index >= 15 is 0 Å². The summed E-state index contributed by atoms with van der Waals surface area (Å²) in [6.07, 6.45) is 3.63. The first kappa shape index (κ1) is 14.8. The second kappa shape index (κ2) is 6.75. The number of nitrogens with zero attached hydrogens (tertiary/aromatic N) is 3. The molecule has 0 saturated carbocycles. The Morgan fingerprint density at radius 2 is 1.91 bits per heavy atom. The monoisotopic (exact) mass is 316 g/mol. The molecule has 5 nitrogen and oxygen atoms in total. The Morgan fingerprint density at radius 1 is 1.09 bits per heavy atom. The van der Waals surface area contributed by atoms with E-state index in [1.165, 1.54) is 19.3 Å². The molecule has 3 rings (SSSR count). The number of carbonyl (C=O) groups excluding carboxylic acids is 1. The predicted octanol–water partition coefficient (Wildman–Crippen LogP) is 3.37. The number of rotatable bonds is 3. The first-order chi connectivity index (χ1) is 10.7. The van der Waals surface area contributed by atoms with Crippen LogP contribution in [0.15, 0.2) is 36.4 Å². The highest BCUT2D eigenvalue weighted by Gasteiger charge is 2.14. The van der Waals surface area contributed by atoms with Crippen molar-refractivity contribution in [2.24, 2.45) is 0 Å². The molecule has 1 aromatic carbocycles. The molecular formula is C16H17ClN4O. The molecule has 1 aliphatic heterocycles. The molecule has 6 heteroatoms. The maximum Gasteiger partial charge on any atom is 0.276 e. The first-order valence-corrected chi connectivity index (χ1v) is 7.76. The highest BCUT2D eigenvalue weighted by atomic mass is 35.5. The highest BCUT2D eigenvalue weighted by Crippen LogP contribution is 2.18. The van der Waals surface area contributed by atoms with Gasteiger partial charge in [-0.3, -0.25) is 4.79 Å². The van der Waals surface area contributed by atoms with Gasteiger partial charge >= 0.3 is 0 Å². The average molecular weight is 317 g/mol. The van der Waals surface area contributed by atoms with Gasteiger partial charge in [0, 0.05) is 23.8 Å². The molecule has 2 heterocycles. The van der Waals surface area contributed by atoms with Crippen LogP contribution in [0.2, 0.25) is 5.02 Å². The van der Waals surface area contributed by atoms with Crippen LogP contribution >= 0.6 is 11.6 Å². The van der Waals surface area contributed by atoms with Crippen LogP contribution in [0.5, 0.6) is 0 Å². The summed E-state index contributed by atoms with van der Waals surface area (Å²) in [7, 11) is 0. The number of nitrogens with one attached hydrogen (secondary N) is 1. The van der Waals surface area contributed by atoms with Gasteiger partial charge in [0.25, 0.3) is 5.91 Å². The third-order valence-corrected chi connectivity index (χ3v) is 3.88. The molecule has 0 unspecified atom stereocenters. The fraction of sp³-hybridized carbons (Fsp3) is 0.312. The van der Waals surface area contributed by atoms with Gasteiger partial charge in [0.05, 0.1) is 0 Å². The van der Waals surface area contributed by atoms with Gasteiger partial charge in [-0.15, -0.1) is 10.2 Å². The summed E-state index contributed by atoms with van der Waals surface area (Å²) < 4.78 is 0. The normalized spacial score (nSPS) is 14.7. The number of piperidine rings is 1. The lowest BCUT2D eigenvalue weighted by Crippen LogP contribution is -2.30. The van der Waals surface area contributed by atoms with E-state index in [2.05, 4.69) is 20.4 Å². The minimum absolute atomic E-state index is 0.292. The minimum Gasteiger partial charge on any atom is -0.355 e. The van der Waals surface area contributed by atoms with Gasteiger partial charge in [0.1, 0.15) is 0 Å². The SMILES string of the molecule is O=C(Nc1cccc(Cl)c1)c1ccc(N2CCCCC2)nn1. The molecular weight excluding hydrogens is 300 g/mol. The Kier molecular flexibility index (Phi) is 4.53. The lowest BCUT2D eigenvalue weighted by Gasteiger charge is -2.27. The first-order valence-electron chi connectivity index (χ1n) is 7.38. The van der Waals surface area contributed by atoms with E-state index in [9.17, 15) is 4.79 Å². The van der Waals surface area contributed by atoms with Gasteiger partial charge in [-0.25, -0.2) is 0 Å². The van der Waals surface area contributed by atoms with E-state index < -0.39 is 0 Å². The molecule has 1 fully saturated rings. The molecule has 2 aromatic rings. The van der Waals surface area contributed by atoms with Crippen LogP contribution in [0, 0.1) is 0 Å². The Hall–Kier alpha value is -2.14. The van der Waals surface area contributed by atoms with Crippen molar-refractivity contribution in [3.05, 3.63) is 47.1 Å². The average Bonchev–Trinajstić information content (AvgIpc) is 2.56. The summed E-state index contributed by atoms with van der Waals surface area (Å²) in [4.78, 5) is 14.3. The lowest BCUT2D eigenvalue weighted by molar-refractivity contribution is 0.102. The van der Waals surface area contributed by atoms with Crippen LogP contribution in [0.1, 0.15) is 29.8 Å². The molecule has 1 aromatic heterocycles. The number of amides is 1. The Balaban J connectivity index is 1.68. The van der Waals surface area contributed by atoms with Crippen LogP contribution in [0.3, 0.4) is 0 Å². The van der Waals surface area contributed by atoms with Crippen molar-refractivity contribution < 1.29 is 4.79 Å². The standard InChI is InChI=1S/C16H17ClN4O/c17-12-5-4-6-13(11-12)18-16(22)14-7-8-15(20-19-14)21-9-2-1-3-10-21/h4-8,11H,1-3,9-10H2,(H,18,22). The van der Waals surface area contributed by atoms with Crippen molar-refractivity contribution in [3.63, 3.8) is 0 Å². The van der Waals surface area contributed by atoms with Gasteiger partial charge in [0.2, 0.25) is 0 Å². The summed E-state index contributed by atoms with van der Waals surface area (Å²) in [6.45, 7) is 2.01. The fourth-order valence-electron chi connectivity index (χ4n) is 2.50. The number of benzene rings is 1. The van der Waals surface area contributed by atoms with E-state index in [1.54, 1.807) is 30.3 Å². The van der Waals surface area contributed by atoms with Crippen LogP contribution in [-0.4, -0.2) is 29.2 Å². The number of aromatic nitrogens is 2. The second-order valence-corrected chi connectivity index (χ2v) is 5.73. The van der Waals surface area contributed by atoms with Gasteiger partial charge in [0.15, 0.2) is 11.5 Å². The van der Waals surface area contributed by atoms with Crippen molar-refractivity contribution in [2.75, 3.05) is 23.3 Å². The number of halogens is 1. The summed E-state index contributed by atoms with van der Waals surface area (Å²) in [5.41, 5.74) is 0.931. The summed E-state index contributed by atoms with van der Waals surface area (Å²) >= 11 is 5.90. The quantitative estimate of drug-likeness (QED) is 0.943. The van der Waals surface area contributed by atoms with Crippen LogP contribution in [-0.2, 0) is 0 Å². The van der Waals surface area contributed by atoms with Crippen molar-refractivity contribution in [3.8, 4) is 0 Å². The van der Waals surface area contributed by atoms with E-state index in [1.807, 2.05) is 6.07 Å². The topological polar surface area (TPSA) is 58.1 Å². The van der Waals surface area contributed by atoms with E-state index in [4.69, 9.17) is 11.6 Å². The molecule has 1 aliphatic rings. The molecule has 0 spiro atoms. The lowest BCUT2D eigenvalue weighted by atomic mass is 10.1. The molecule has 0 radical (unpaired) electrons. The number of hydrogen-bond acceptors (Lipinski definition) is 4. The molecule has 0 atom stereocenters. The van der Waals surface area contributed by atoms with Gasteiger partial charge in [-0.05, 0) is 49.6 Å². The van der Waals surface area contributed by atoms with Crippen molar-refractivity contribution >= 4 is 29.0 Å². The fourth-order valence-corrected chi connectivity index (χ4v) is 2.69. The zero-order chi connectivity index (χ0) is 15.4. The molecule has 114 valence electrons. The van der Waals surface area contributed by atoms with Crippen molar-refractivity contribution in [1.82, 2.24) is 10.2 Å². The molecule has 1 amide bonds. The van der Waals surface area contributed by atoms with Crippen molar-refractivity contribution in [2.45, 2.75) is 19.3 Å². The molecule has 0 aliphatic carbocycles. The Morgan fingerprint density at radius 3 is 2.59 bits per heavy atom. The molecule has 1 saturated heterocycles. The van der Waals surface area contributed by atoms with Gasteiger partial charge < -0.3 is 10.2 Å². The predicted molar refractivity (Wildman–Crippen MR) is 87.5 cm³/mol. The summed E-state index contributed by atoms with van der Waals surface area (Å²) in [5.74, 6) is 0.541. The van der Waals surface area contributed by atoms with Crippen molar-refractivity contribution in [1.29, 1.82) is 0 Å². The maximum atomic E-state index is 12.1. The zero-order valence-electron chi connectivity index (χ0n) is 12.1. The molecule has 1 N–H and O–H groups in total. The number of anilines is 2. The largest absolute Gasteiger partial charge is 0.355 e. The van der Waals surface area contributed by atoms with Gasteiger partial charge in [-0.2, -0.15) is 0 Å². The van der Waals surface area contributed by atoms with E-state index in [-0.39, 0.29) is 5.91 Å². The minimum atomic E-state index is -0.292. The summed E-state index contributed by atoms with van der Waals surface area (Å²) in [5, 5.41) is 11.5. The number of hydrogen-bond donors (Lipinski definition) is 1. The third kappa shape index (κ3) is 3.54. The number of carbonyl (C=O) groups is 1. The van der Waals surface area contributed by atoms with E-state index in [0.29, 0.717) is 16.4 Å². The highest BCUT2D eigenvalue weighted by molar-refractivity contribution is 6.30. The third-order valence-electron chi connectivity index (χ3n) is 3.65. The zero-order valence-corrected chi connectivity index (χ0v) is 12.9. The smallest absolute Gasteiger partial charge is 0.276 e. The van der Waals surface area contributed by atoms with E-state index in [0.717, 1.165) is 18.9 Å². The molecule has 0 bridgehead atoms. The molecule has 22 heavy (non-hydrogen) atoms. The Bertz CT molecular complexity index is 653. The maximum absolute atomic E-state index is 12.1. The van der Waals surface area contributed by atoms with Crippen LogP contribution < -0.4 is 10.2 Å². The Labute approximate surface area is 134 Å². The second-order valence-electron chi connectivity index (χ2n) is 5.29.